The molecule has 6 nitrogen and oxygen atoms in total. The summed E-state index contributed by atoms with van der Waals surface area (Å²) in [5, 5.41) is 9.61. The lowest BCUT2D eigenvalue weighted by molar-refractivity contribution is 0.0223. The van der Waals surface area contributed by atoms with Crippen LogP contribution in [0.2, 0.25) is 0 Å². The Morgan fingerprint density at radius 3 is 2.62 bits per heavy atom. The third-order valence-corrected chi connectivity index (χ3v) is 5.92. The number of nitrogens with two attached hydrogens (primary N) is 1. The highest BCUT2D eigenvalue weighted by Crippen LogP contribution is 2.29. The van der Waals surface area contributed by atoms with Crippen molar-refractivity contribution in [2.45, 2.75) is 30.2 Å². The summed E-state index contributed by atoms with van der Waals surface area (Å²) in [7, 11) is -3.78. The normalized spacial score (nSPS) is 18.6. The Balaban J connectivity index is 2.38. The zero-order valence-electron chi connectivity index (χ0n) is 11.7. The van der Waals surface area contributed by atoms with Gasteiger partial charge in [0.25, 0.3) is 0 Å². The van der Waals surface area contributed by atoms with Gasteiger partial charge >= 0.3 is 0 Å². The highest BCUT2D eigenvalue weighted by atomic mass is 79.9. The highest BCUT2D eigenvalue weighted by Gasteiger charge is 2.37. The second-order valence-corrected chi connectivity index (χ2v) is 7.84. The largest absolute Gasteiger partial charge is 0.398 e. The van der Waals surface area contributed by atoms with Crippen LogP contribution in [-0.4, -0.2) is 38.9 Å². The molecule has 1 aliphatic rings. The summed E-state index contributed by atoms with van der Waals surface area (Å²) in [5.74, 6) is 0. The van der Waals surface area contributed by atoms with Gasteiger partial charge in [-0.25, -0.2) is 13.1 Å². The zero-order chi connectivity index (χ0) is 15.7. The molecule has 8 heteroatoms. The Morgan fingerprint density at radius 2 is 2.05 bits per heavy atom. The molecule has 1 aromatic carbocycles. The Bertz CT molecular complexity index is 627. The van der Waals surface area contributed by atoms with Crippen LogP contribution in [0, 0.1) is 6.92 Å². The number of sulfonamides is 1. The number of nitrogen functional groups attached to an aromatic ring is 1. The van der Waals surface area contributed by atoms with Crippen molar-refractivity contribution in [3.05, 3.63) is 22.2 Å². The maximum atomic E-state index is 12.7. The maximum absolute atomic E-state index is 12.7. The molecule has 4 N–H and O–H groups in total. The van der Waals surface area contributed by atoms with Gasteiger partial charge < -0.3 is 15.6 Å². The van der Waals surface area contributed by atoms with Crippen LogP contribution < -0.4 is 10.5 Å². The van der Waals surface area contributed by atoms with E-state index in [0.717, 1.165) is 0 Å². The third kappa shape index (κ3) is 3.57. The number of rotatable bonds is 4. The molecule has 0 spiro atoms. The van der Waals surface area contributed by atoms with Crippen molar-refractivity contribution in [1.82, 2.24) is 4.72 Å². The van der Waals surface area contributed by atoms with E-state index in [1.165, 1.54) is 6.07 Å². The predicted molar refractivity (Wildman–Crippen MR) is 83.5 cm³/mol. The smallest absolute Gasteiger partial charge is 0.241 e. The van der Waals surface area contributed by atoms with Crippen molar-refractivity contribution in [1.29, 1.82) is 0 Å². The van der Waals surface area contributed by atoms with Gasteiger partial charge in [0.05, 0.1) is 17.0 Å². The Morgan fingerprint density at radius 1 is 1.43 bits per heavy atom. The van der Waals surface area contributed by atoms with Crippen LogP contribution in [-0.2, 0) is 14.8 Å². The molecule has 0 aromatic heterocycles. The summed E-state index contributed by atoms with van der Waals surface area (Å²) in [6, 6.07) is 3.17. The molecule has 0 atom stereocenters. The standard InChI is InChI=1S/C13H19BrN2O4S/c1-9-11(15)6-10(14)7-12(9)21(18,19)16-13(8-17)2-4-20-5-3-13/h6-7,16-17H,2-5,8,15H2,1H3. The molecule has 1 aromatic rings. The summed E-state index contributed by atoms with van der Waals surface area (Å²) < 4.78 is 33.8. The van der Waals surface area contributed by atoms with Gasteiger partial charge in [0, 0.05) is 23.4 Å². The van der Waals surface area contributed by atoms with E-state index in [0.29, 0.717) is 41.8 Å². The maximum Gasteiger partial charge on any atom is 0.241 e. The van der Waals surface area contributed by atoms with Gasteiger partial charge in [0.2, 0.25) is 10.0 Å². The molecule has 0 bridgehead atoms. The molecule has 2 rings (SSSR count). The van der Waals surface area contributed by atoms with Crippen LogP contribution in [0.5, 0.6) is 0 Å². The molecule has 21 heavy (non-hydrogen) atoms. The number of hydrogen-bond acceptors (Lipinski definition) is 5. The van der Waals surface area contributed by atoms with Gasteiger partial charge in [-0.05, 0) is 37.5 Å². The van der Waals surface area contributed by atoms with E-state index in [1.54, 1.807) is 13.0 Å². The molecule has 0 unspecified atom stereocenters. The van der Waals surface area contributed by atoms with E-state index >= 15 is 0 Å². The average molecular weight is 379 g/mol. The average Bonchev–Trinajstić information content (AvgIpc) is 2.43. The van der Waals surface area contributed by atoms with Gasteiger partial charge in [-0.1, -0.05) is 15.9 Å². The first-order chi connectivity index (χ1) is 9.80. The van der Waals surface area contributed by atoms with Crippen LogP contribution in [0.4, 0.5) is 5.69 Å². The van der Waals surface area contributed by atoms with Gasteiger partial charge in [-0.15, -0.1) is 0 Å². The molecule has 0 amide bonds. The predicted octanol–water partition coefficient (Wildman–Crippen LogP) is 1.16. The minimum absolute atomic E-state index is 0.119. The first kappa shape index (κ1) is 16.7. The van der Waals surface area contributed by atoms with Gasteiger partial charge in [0.15, 0.2) is 0 Å². The lowest BCUT2D eigenvalue weighted by Gasteiger charge is -2.36. The topological polar surface area (TPSA) is 102 Å². The summed E-state index contributed by atoms with van der Waals surface area (Å²) >= 11 is 3.25. The number of anilines is 1. The lowest BCUT2D eigenvalue weighted by atomic mass is 9.93. The lowest BCUT2D eigenvalue weighted by Crippen LogP contribution is -2.54. The summed E-state index contributed by atoms with van der Waals surface area (Å²) in [6.07, 6.45) is 0.872. The zero-order valence-corrected chi connectivity index (χ0v) is 14.1. The molecule has 1 heterocycles. The number of aliphatic hydroxyl groups is 1. The highest BCUT2D eigenvalue weighted by molar-refractivity contribution is 9.10. The van der Waals surface area contributed by atoms with Crippen LogP contribution >= 0.6 is 15.9 Å². The monoisotopic (exact) mass is 378 g/mol. The quantitative estimate of drug-likeness (QED) is 0.682. The molecule has 0 radical (unpaired) electrons. The van der Waals surface area contributed by atoms with Gasteiger partial charge in [0.1, 0.15) is 0 Å². The van der Waals surface area contributed by atoms with Crippen LogP contribution in [0.25, 0.3) is 0 Å². The molecular formula is C13H19BrN2O4S. The van der Waals surface area contributed by atoms with E-state index in [4.69, 9.17) is 10.5 Å². The first-order valence-electron chi connectivity index (χ1n) is 6.58. The fourth-order valence-corrected chi connectivity index (χ4v) is 4.73. The molecule has 1 fully saturated rings. The van der Waals surface area contributed by atoms with E-state index in [-0.39, 0.29) is 11.5 Å². The minimum Gasteiger partial charge on any atom is -0.398 e. The number of benzene rings is 1. The SMILES string of the molecule is Cc1c(N)cc(Br)cc1S(=O)(=O)NC1(CO)CCOCC1. The van der Waals surface area contributed by atoms with Crippen LogP contribution in [0.1, 0.15) is 18.4 Å². The molecule has 118 valence electrons. The fraction of sp³-hybridized carbons (Fsp3) is 0.538. The van der Waals surface area contributed by atoms with Crippen molar-refractivity contribution in [3.63, 3.8) is 0 Å². The molecule has 1 aliphatic heterocycles. The third-order valence-electron chi connectivity index (χ3n) is 3.76. The van der Waals surface area contributed by atoms with E-state index in [9.17, 15) is 13.5 Å². The Hall–Kier alpha value is -0.670. The van der Waals surface area contributed by atoms with E-state index < -0.39 is 15.6 Å². The van der Waals surface area contributed by atoms with Crippen molar-refractivity contribution in [3.8, 4) is 0 Å². The van der Waals surface area contributed by atoms with E-state index in [1.807, 2.05) is 0 Å². The van der Waals surface area contributed by atoms with Gasteiger partial charge in [-0.2, -0.15) is 0 Å². The summed E-state index contributed by atoms with van der Waals surface area (Å²) in [4.78, 5) is 0.119. The van der Waals surface area contributed by atoms with Crippen LogP contribution in [0.3, 0.4) is 0 Å². The molecule has 0 aliphatic carbocycles. The molecule has 1 saturated heterocycles. The summed E-state index contributed by atoms with van der Waals surface area (Å²) in [5.41, 5.74) is 5.84. The Labute approximate surface area is 132 Å². The summed E-state index contributed by atoms with van der Waals surface area (Å²) in [6.45, 7) is 2.23. The minimum atomic E-state index is -3.78. The van der Waals surface area contributed by atoms with Gasteiger partial charge in [-0.3, -0.25) is 0 Å². The number of halogens is 1. The number of aliphatic hydroxyl groups excluding tert-OH is 1. The van der Waals surface area contributed by atoms with Crippen molar-refractivity contribution < 1.29 is 18.3 Å². The first-order valence-corrected chi connectivity index (χ1v) is 8.85. The second-order valence-electron chi connectivity index (χ2n) is 5.27. The van der Waals surface area contributed by atoms with Crippen molar-refractivity contribution in [2.24, 2.45) is 0 Å². The van der Waals surface area contributed by atoms with Crippen LogP contribution in [0.15, 0.2) is 21.5 Å². The van der Waals surface area contributed by atoms with E-state index in [2.05, 4.69) is 20.7 Å². The Kier molecular flexibility index (Phi) is 4.94. The van der Waals surface area contributed by atoms with Crippen molar-refractivity contribution >= 4 is 31.6 Å². The molecular weight excluding hydrogens is 360 g/mol. The fourth-order valence-electron chi connectivity index (χ4n) is 2.35. The number of nitrogens with one attached hydrogen (secondary N) is 1. The second kappa shape index (κ2) is 6.21. The van der Waals surface area contributed by atoms with Crippen molar-refractivity contribution in [2.75, 3.05) is 25.6 Å². The number of ether oxygens (including phenoxy) is 1. The number of hydrogen-bond donors (Lipinski definition) is 3. The molecule has 0 saturated carbocycles.